The summed E-state index contributed by atoms with van der Waals surface area (Å²) in [6.45, 7) is 7.37. The summed E-state index contributed by atoms with van der Waals surface area (Å²) in [6.07, 6.45) is 1.17. The number of nitrogens with zero attached hydrogens (tertiary/aromatic N) is 2. The van der Waals surface area contributed by atoms with Crippen molar-refractivity contribution in [3.05, 3.63) is 34.3 Å². The molecule has 0 saturated carbocycles. The average molecular weight is 401 g/mol. The minimum Gasteiger partial charge on any atom is -0.467 e. The van der Waals surface area contributed by atoms with Gasteiger partial charge in [0.1, 0.15) is 5.54 Å². The highest BCUT2D eigenvalue weighted by atomic mass is 32.1. The van der Waals surface area contributed by atoms with Crippen molar-refractivity contribution in [3.8, 4) is 10.6 Å². The van der Waals surface area contributed by atoms with Crippen LogP contribution in [0.4, 0.5) is 0 Å². The highest BCUT2D eigenvalue weighted by Crippen LogP contribution is 2.31. The van der Waals surface area contributed by atoms with Crippen molar-refractivity contribution in [2.45, 2.75) is 46.1 Å². The molecule has 0 aliphatic rings. The number of nitrogens with one attached hydrogen (secondary N) is 1. The van der Waals surface area contributed by atoms with E-state index in [1.807, 2.05) is 26.0 Å². The van der Waals surface area contributed by atoms with Gasteiger partial charge in [-0.05, 0) is 45.4 Å². The lowest BCUT2D eigenvalue weighted by Crippen LogP contribution is -2.52. The van der Waals surface area contributed by atoms with E-state index in [0.717, 1.165) is 9.75 Å². The fraction of sp³-hybridized carbons (Fsp3) is 0.400. The van der Waals surface area contributed by atoms with E-state index in [-0.39, 0.29) is 0 Å². The van der Waals surface area contributed by atoms with Crippen molar-refractivity contribution >= 4 is 34.3 Å². The van der Waals surface area contributed by atoms with Gasteiger partial charge in [0, 0.05) is 4.88 Å². The number of fused-ring (bicyclic) bond motifs is 1. The molecule has 0 saturated heterocycles. The Morgan fingerprint density at radius 2 is 2.07 bits per heavy atom. The number of rotatable bonds is 6. The first-order chi connectivity index (χ1) is 13.3. The minimum absolute atomic E-state index is 0.293. The van der Waals surface area contributed by atoms with E-state index in [1.54, 1.807) is 31.3 Å². The highest BCUT2D eigenvalue weighted by Gasteiger charge is 2.36. The molecule has 0 bridgehead atoms. The molecule has 3 aromatic rings. The Morgan fingerprint density at radius 3 is 2.68 bits per heavy atom. The fourth-order valence-electron chi connectivity index (χ4n) is 3.23. The molecular weight excluding hydrogens is 378 g/mol. The summed E-state index contributed by atoms with van der Waals surface area (Å²) < 4.78 is 10.2. The molecule has 0 radical (unpaired) electrons. The molecule has 0 aliphatic carbocycles. The Morgan fingerprint density at radius 1 is 1.32 bits per heavy atom. The third-order valence-electron chi connectivity index (χ3n) is 4.63. The molecule has 1 amide bonds. The van der Waals surface area contributed by atoms with Crippen LogP contribution in [-0.4, -0.2) is 34.7 Å². The van der Waals surface area contributed by atoms with Crippen LogP contribution in [0.2, 0.25) is 0 Å². The normalized spacial score (nSPS) is 13.3. The van der Waals surface area contributed by atoms with Crippen LogP contribution in [0.5, 0.6) is 0 Å². The van der Waals surface area contributed by atoms with Crippen LogP contribution in [0.15, 0.2) is 22.7 Å². The zero-order chi connectivity index (χ0) is 20.5. The molecule has 7 nitrogen and oxygen atoms in total. The summed E-state index contributed by atoms with van der Waals surface area (Å²) in [5, 5.41) is 7.34. The Labute approximate surface area is 167 Å². The smallest absolute Gasteiger partial charge is 0.331 e. The number of hydrogen-bond donors (Lipinski definition) is 1. The lowest BCUT2D eigenvalue weighted by molar-refractivity contribution is -0.147. The van der Waals surface area contributed by atoms with Gasteiger partial charge < -0.3 is 14.6 Å². The molecule has 0 fully saturated rings. The molecule has 1 N–H and O–H groups in total. The molecule has 8 heteroatoms. The van der Waals surface area contributed by atoms with E-state index < -0.39 is 17.4 Å². The van der Waals surface area contributed by atoms with Crippen molar-refractivity contribution in [1.82, 2.24) is 15.5 Å². The van der Waals surface area contributed by atoms with Crippen molar-refractivity contribution < 1.29 is 18.8 Å². The molecule has 3 rings (SSSR count). The number of pyridine rings is 1. The summed E-state index contributed by atoms with van der Waals surface area (Å²) in [7, 11) is 1.31. The number of hydrogen-bond acceptors (Lipinski definition) is 7. The van der Waals surface area contributed by atoms with Crippen LogP contribution in [0.3, 0.4) is 0 Å². The van der Waals surface area contributed by atoms with Gasteiger partial charge in [-0.15, -0.1) is 11.3 Å². The fourth-order valence-corrected chi connectivity index (χ4v) is 4.06. The van der Waals surface area contributed by atoms with E-state index in [2.05, 4.69) is 15.5 Å². The number of aromatic nitrogens is 2. The average Bonchev–Trinajstić information content (AvgIpc) is 3.26. The first-order valence-corrected chi connectivity index (χ1v) is 9.85. The van der Waals surface area contributed by atoms with E-state index in [9.17, 15) is 9.59 Å². The Kier molecular flexibility index (Phi) is 5.51. The maximum absolute atomic E-state index is 13.2. The van der Waals surface area contributed by atoms with Crippen LogP contribution in [0.25, 0.3) is 21.7 Å². The first-order valence-electron chi connectivity index (χ1n) is 9.04. The second-order valence-electron chi connectivity index (χ2n) is 6.94. The number of esters is 1. The van der Waals surface area contributed by atoms with Gasteiger partial charge in [0.05, 0.1) is 34.3 Å². The maximum atomic E-state index is 13.2. The third-order valence-corrected chi connectivity index (χ3v) is 5.65. The molecule has 1 atom stereocenters. The maximum Gasteiger partial charge on any atom is 0.331 e. The minimum atomic E-state index is -1.12. The molecular formula is C20H23N3O4S. The predicted molar refractivity (Wildman–Crippen MR) is 107 cm³/mol. The molecule has 1 unspecified atom stereocenters. The molecule has 3 heterocycles. The number of aryl methyl sites for hydroxylation is 2. The highest BCUT2D eigenvalue weighted by molar-refractivity contribution is 7.15. The van der Waals surface area contributed by atoms with E-state index >= 15 is 0 Å². The quantitative estimate of drug-likeness (QED) is 0.627. The van der Waals surface area contributed by atoms with Crippen LogP contribution >= 0.6 is 11.3 Å². The van der Waals surface area contributed by atoms with Crippen molar-refractivity contribution in [2.75, 3.05) is 7.11 Å². The van der Waals surface area contributed by atoms with Crippen LogP contribution in [0.1, 0.15) is 47.6 Å². The Balaban J connectivity index is 2.09. The molecule has 3 aromatic heterocycles. The lowest BCUT2D eigenvalue weighted by atomic mass is 9.95. The second kappa shape index (κ2) is 7.71. The van der Waals surface area contributed by atoms with Gasteiger partial charge in [-0.2, -0.15) is 0 Å². The Bertz CT molecular complexity index is 1040. The van der Waals surface area contributed by atoms with Crippen LogP contribution in [-0.2, 0) is 9.53 Å². The first kappa shape index (κ1) is 20.0. The third kappa shape index (κ3) is 3.64. The monoisotopic (exact) mass is 401 g/mol. The van der Waals surface area contributed by atoms with Gasteiger partial charge in [0.2, 0.25) is 0 Å². The number of ether oxygens (including phenoxy) is 1. The molecule has 0 aliphatic heterocycles. The summed E-state index contributed by atoms with van der Waals surface area (Å²) in [6, 6.07) is 5.67. The van der Waals surface area contributed by atoms with Crippen molar-refractivity contribution in [1.29, 1.82) is 0 Å². The van der Waals surface area contributed by atoms with Crippen LogP contribution < -0.4 is 5.32 Å². The van der Waals surface area contributed by atoms with Gasteiger partial charge in [-0.1, -0.05) is 18.5 Å². The number of thiophene rings is 1. The van der Waals surface area contributed by atoms with E-state index in [1.165, 1.54) is 7.11 Å². The largest absolute Gasteiger partial charge is 0.467 e. The zero-order valence-corrected chi connectivity index (χ0v) is 17.4. The lowest BCUT2D eigenvalue weighted by Gasteiger charge is -2.27. The van der Waals surface area contributed by atoms with E-state index in [4.69, 9.17) is 9.26 Å². The standard InChI is InChI=1S/C20H23N3O4S/c1-6-9-20(4,19(25)26-5)22-17(24)13-10-14(15-8-7-11(2)28-15)21-18-16(13)12(3)23-27-18/h7-8,10H,6,9H2,1-5H3,(H,22,24). The molecule has 28 heavy (non-hydrogen) atoms. The molecule has 148 valence electrons. The molecule has 0 aromatic carbocycles. The number of carbonyl (C=O) groups is 2. The number of amides is 1. The SMILES string of the molecule is CCCC(C)(NC(=O)c1cc(-c2ccc(C)s2)nc2onc(C)c12)C(=O)OC. The summed E-state index contributed by atoms with van der Waals surface area (Å²) >= 11 is 1.58. The van der Waals surface area contributed by atoms with Gasteiger partial charge in [-0.3, -0.25) is 4.79 Å². The Hall–Kier alpha value is -2.74. The van der Waals surface area contributed by atoms with Gasteiger partial charge in [0.15, 0.2) is 0 Å². The summed E-state index contributed by atoms with van der Waals surface area (Å²) in [5.74, 6) is -0.876. The van der Waals surface area contributed by atoms with Gasteiger partial charge in [-0.25, -0.2) is 9.78 Å². The summed E-state index contributed by atoms with van der Waals surface area (Å²) in [4.78, 5) is 32.1. The van der Waals surface area contributed by atoms with Crippen molar-refractivity contribution in [2.24, 2.45) is 0 Å². The van der Waals surface area contributed by atoms with Gasteiger partial charge in [0.25, 0.3) is 11.6 Å². The predicted octanol–water partition coefficient (Wildman–Crippen LogP) is 4.03. The summed E-state index contributed by atoms with van der Waals surface area (Å²) in [5.41, 5.74) is 0.734. The molecule has 0 spiro atoms. The topological polar surface area (TPSA) is 94.3 Å². The van der Waals surface area contributed by atoms with E-state index in [0.29, 0.717) is 40.9 Å². The van der Waals surface area contributed by atoms with Crippen LogP contribution in [0, 0.1) is 13.8 Å². The second-order valence-corrected chi connectivity index (χ2v) is 8.23. The number of methoxy groups -OCH3 is 1. The van der Waals surface area contributed by atoms with Crippen molar-refractivity contribution in [3.63, 3.8) is 0 Å². The zero-order valence-electron chi connectivity index (χ0n) is 16.6. The number of carbonyl (C=O) groups excluding carboxylic acids is 2. The van der Waals surface area contributed by atoms with Gasteiger partial charge >= 0.3 is 5.97 Å².